The molecular weight excluding hydrogens is 361 g/mol. The normalized spacial score (nSPS) is 15.9. The van der Waals surface area contributed by atoms with E-state index in [9.17, 15) is 9.18 Å². The number of halogens is 1. The Kier molecular flexibility index (Phi) is 6.73. The average molecular weight is 387 g/mol. The largest absolute Gasteiger partial charge is 0.462 e. The summed E-state index contributed by atoms with van der Waals surface area (Å²) in [6.07, 6.45) is 6.70. The molecule has 1 N–H and O–H groups in total. The molecule has 0 fully saturated rings. The lowest BCUT2D eigenvalue weighted by atomic mass is 9.96. The van der Waals surface area contributed by atoms with E-state index in [1.54, 1.807) is 19.1 Å². The highest BCUT2D eigenvalue weighted by Crippen LogP contribution is 2.34. The summed E-state index contributed by atoms with van der Waals surface area (Å²) in [5, 5.41) is 14.7. The number of aromatic nitrogens is 4. The Balaban J connectivity index is 1.72. The maximum atomic E-state index is 13.4. The molecule has 7 nitrogen and oxygen atoms in total. The summed E-state index contributed by atoms with van der Waals surface area (Å²) in [7, 11) is 0. The van der Waals surface area contributed by atoms with Crippen LogP contribution in [0.3, 0.4) is 0 Å². The first kappa shape index (κ1) is 20.0. The van der Waals surface area contributed by atoms with Crippen LogP contribution in [0.25, 0.3) is 0 Å². The molecule has 1 aromatic carbocycles. The summed E-state index contributed by atoms with van der Waals surface area (Å²) >= 11 is 0. The van der Waals surface area contributed by atoms with Gasteiger partial charge < -0.3 is 10.1 Å². The predicted octanol–water partition coefficient (Wildman–Crippen LogP) is 4.00. The van der Waals surface area contributed by atoms with Gasteiger partial charge in [0.15, 0.2) is 0 Å². The maximum Gasteiger partial charge on any atom is 0.338 e. The van der Waals surface area contributed by atoms with Gasteiger partial charge >= 0.3 is 5.97 Å². The highest BCUT2D eigenvalue weighted by atomic mass is 19.1. The molecule has 28 heavy (non-hydrogen) atoms. The van der Waals surface area contributed by atoms with Crippen molar-refractivity contribution in [2.45, 2.75) is 58.4 Å². The van der Waals surface area contributed by atoms with Crippen molar-refractivity contribution in [3.8, 4) is 0 Å². The average Bonchev–Trinajstić information content (AvgIpc) is 3.14. The van der Waals surface area contributed by atoms with Gasteiger partial charge in [-0.25, -0.2) is 9.18 Å². The van der Waals surface area contributed by atoms with Crippen LogP contribution in [0.4, 0.5) is 10.3 Å². The van der Waals surface area contributed by atoms with E-state index in [1.807, 2.05) is 0 Å². The number of esters is 1. The standard InChI is InChI=1S/C20H26FN5O2/c1-3-4-5-6-7-8-13-28-19(27)17-14(2)22-20-23-24-25-26(20)18(17)15-9-11-16(21)12-10-15/h9-12,18H,3-8,13H2,1-2H3,(H,22,23,25)/t18-/m0/s1. The molecule has 0 aliphatic carbocycles. The fourth-order valence-corrected chi connectivity index (χ4v) is 3.35. The zero-order valence-corrected chi connectivity index (χ0v) is 16.3. The topological polar surface area (TPSA) is 81.9 Å². The third-order valence-corrected chi connectivity index (χ3v) is 4.85. The number of hydrogen-bond donors (Lipinski definition) is 1. The van der Waals surface area contributed by atoms with Crippen molar-refractivity contribution >= 4 is 11.9 Å². The van der Waals surface area contributed by atoms with Crippen molar-refractivity contribution < 1.29 is 13.9 Å². The van der Waals surface area contributed by atoms with Crippen LogP contribution in [0, 0.1) is 5.82 Å². The summed E-state index contributed by atoms with van der Waals surface area (Å²) in [5.41, 5.74) is 1.77. The molecule has 1 aromatic heterocycles. The molecule has 0 saturated carbocycles. The number of nitrogens with zero attached hydrogens (tertiary/aromatic N) is 4. The van der Waals surface area contributed by atoms with Crippen LogP contribution in [0.5, 0.6) is 0 Å². The molecule has 0 bridgehead atoms. The smallest absolute Gasteiger partial charge is 0.338 e. The SMILES string of the molecule is CCCCCCCCOC(=O)C1=C(C)Nc2nnnn2[C@H]1c1ccc(F)cc1. The van der Waals surface area contributed by atoms with Gasteiger partial charge in [0.2, 0.25) is 5.95 Å². The number of fused-ring (bicyclic) bond motifs is 1. The zero-order valence-electron chi connectivity index (χ0n) is 16.3. The fourth-order valence-electron chi connectivity index (χ4n) is 3.35. The van der Waals surface area contributed by atoms with Gasteiger partial charge in [-0.05, 0) is 41.5 Å². The van der Waals surface area contributed by atoms with Crippen molar-refractivity contribution in [2.75, 3.05) is 11.9 Å². The van der Waals surface area contributed by atoms with Gasteiger partial charge in [0.1, 0.15) is 11.9 Å². The number of allylic oxidation sites excluding steroid dienone is 1. The predicted molar refractivity (Wildman–Crippen MR) is 103 cm³/mol. The molecule has 0 amide bonds. The minimum Gasteiger partial charge on any atom is -0.462 e. The first-order valence-corrected chi connectivity index (χ1v) is 9.80. The number of nitrogens with one attached hydrogen (secondary N) is 1. The quantitative estimate of drug-likeness (QED) is 0.517. The third-order valence-electron chi connectivity index (χ3n) is 4.85. The van der Waals surface area contributed by atoms with E-state index in [4.69, 9.17) is 4.74 Å². The molecule has 0 radical (unpaired) electrons. The van der Waals surface area contributed by atoms with Crippen LogP contribution in [0.1, 0.15) is 64.0 Å². The zero-order chi connectivity index (χ0) is 19.9. The van der Waals surface area contributed by atoms with Gasteiger partial charge in [0.05, 0.1) is 12.2 Å². The van der Waals surface area contributed by atoms with Gasteiger partial charge in [-0.3, -0.25) is 0 Å². The molecule has 150 valence electrons. The van der Waals surface area contributed by atoms with Crippen molar-refractivity contribution in [1.82, 2.24) is 20.2 Å². The van der Waals surface area contributed by atoms with E-state index >= 15 is 0 Å². The van der Waals surface area contributed by atoms with Crippen LogP contribution in [-0.4, -0.2) is 32.8 Å². The molecule has 0 saturated heterocycles. The monoisotopic (exact) mass is 387 g/mol. The fraction of sp³-hybridized carbons (Fsp3) is 0.500. The lowest BCUT2D eigenvalue weighted by Crippen LogP contribution is -2.29. The Hall–Kier alpha value is -2.77. The van der Waals surface area contributed by atoms with E-state index in [2.05, 4.69) is 27.8 Å². The summed E-state index contributed by atoms with van der Waals surface area (Å²) in [6, 6.07) is 5.41. The Morgan fingerprint density at radius 2 is 1.89 bits per heavy atom. The van der Waals surface area contributed by atoms with Crippen molar-refractivity contribution in [3.05, 3.63) is 46.9 Å². The summed E-state index contributed by atoms with van der Waals surface area (Å²) < 4.78 is 20.4. The van der Waals surface area contributed by atoms with Gasteiger partial charge in [-0.1, -0.05) is 56.3 Å². The number of rotatable bonds is 9. The molecule has 1 aliphatic rings. The minimum absolute atomic E-state index is 0.345. The van der Waals surface area contributed by atoms with E-state index in [0.29, 0.717) is 29.4 Å². The summed E-state index contributed by atoms with van der Waals surface area (Å²) in [4.78, 5) is 12.8. The Morgan fingerprint density at radius 3 is 2.64 bits per heavy atom. The van der Waals surface area contributed by atoms with Crippen molar-refractivity contribution in [3.63, 3.8) is 0 Å². The molecular formula is C20H26FN5O2. The van der Waals surface area contributed by atoms with Crippen LogP contribution in [0.15, 0.2) is 35.5 Å². The highest BCUT2D eigenvalue weighted by molar-refractivity contribution is 5.92. The first-order chi connectivity index (χ1) is 13.6. The minimum atomic E-state index is -0.566. The lowest BCUT2D eigenvalue weighted by Gasteiger charge is -2.27. The maximum absolute atomic E-state index is 13.4. The van der Waals surface area contributed by atoms with E-state index in [0.717, 1.165) is 19.3 Å². The number of unbranched alkanes of at least 4 members (excludes halogenated alkanes) is 5. The molecule has 0 spiro atoms. The number of ether oxygens (including phenoxy) is 1. The Morgan fingerprint density at radius 1 is 1.18 bits per heavy atom. The van der Waals surface area contributed by atoms with Crippen LogP contribution < -0.4 is 5.32 Å². The molecule has 1 aliphatic heterocycles. The van der Waals surface area contributed by atoms with Crippen molar-refractivity contribution in [1.29, 1.82) is 0 Å². The van der Waals surface area contributed by atoms with Gasteiger partial charge in [0, 0.05) is 5.70 Å². The molecule has 0 unspecified atom stereocenters. The number of tetrazole rings is 1. The van der Waals surface area contributed by atoms with E-state index in [-0.39, 0.29) is 5.82 Å². The number of carbonyl (C=O) groups excluding carboxylic acids is 1. The molecule has 2 aromatic rings. The van der Waals surface area contributed by atoms with Gasteiger partial charge in [-0.2, -0.15) is 4.68 Å². The number of carbonyl (C=O) groups is 1. The van der Waals surface area contributed by atoms with Crippen LogP contribution in [-0.2, 0) is 9.53 Å². The van der Waals surface area contributed by atoms with Crippen LogP contribution >= 0.6 is 0 Å². The number of benzene rings is 1. The van der Waals surface area contributed by atoms with Crippen molar-refractivity contribution in [2.24, 2.45) is 0 Å². The second-order valence-corrected chi connectivity index (χ2v) is 6.97. The molecule has 2 heterocycles. The van der Waals surface area contributed by atoms with Gasteiger partial charge in [0.25, 0.3) is 0 Å². The summed E-state index contributed by atoms with van der Waals surface area (Å²) in [6.45, 7) is 4.35. The second kappa shape index (κ2) is 9.43. The number of hydrogen-bond acceptors (Lipinski definition) is 6. The van der Waals surface area contributed by atoms with E-state index in [1.165, 1.54) is 36.1 Å². The Labute approximate surface area is 164 Å². The molecule has 8 heteroatoms. The van der Waals surface area contributed by atoms with Crippen LogP contribution in [0.2, 0.25) is 0 Å². The number of anilines is 1. The second-order valence-electron chi connectivity index (χ2n) is 6.97. The highest BCUT2D eigenvalue weighted by Gasteiger charge is 2.34. The molecule has 1 atom stereocenters. The third kappa shape index (κ3) is 4.55. The lowest BCUT2D eigenvalue weighted by molar-refractivity contribution is -0.139. The Bertz CT molecular complexity index is 831. The van der Waals surface area contributed by atoms with E-state index < -0.39 is 12.0 Å². The molecule has 3 rings (SSSR count). The summed E-state index contributed by atoms with van der Waals surface area (Å²) in [5.74, 6) is -0.323. The first-order valence-electron chi connectivity index (χ1n) is 9.80. The van der Waals surface area contributed by atoms with Gasteiger partial charge in [-0.15, -0.1) is 0 Å².